The Labute approximate surface area is 283 Å². The lowest BCUT2D eigenvalue weighted by atomic mass is 9.85. The van der Waals surface area contributed by atoms with Gasteiger partial charge in [-0.2, -0.15) is 0 Å². The minimum Gasteiger partial charge on any atom is -0.481 e. The number of carbonyl (C=O) groups is 4. The molecular formula is C33H45BrClNO10. The number of aliphatic hydroxyl groups is 3. The van der Waals surface area contributed by atoms with Crippen molar-refractivity contribution in [2.24, 2.45) is 17.6 Å². The van der Waals surface area contributed by atoms with Crippen molar-refractivity contribution in [1.82, 2.24) is 0 Å². The molecule has 1 saturated carbocycles. The lowest BCUT2D eigenvalue weighted by Gasteiger charge is -2.30. The van der Waals surface area contributed by atoms with Crippen molar-refractivity contribution >= 4 is 51.3 Å². The first-order valence-corrected chi connectivity index (χ1v) is 16.2. The number of allylic oxidation sites excluding steroid dienone is 9. The van der Waals surface area contributed by atoms with Gasteiger partial charge in [0.25, 0.3) is 0 Å². The van der Waals surface area contributed by atoms with Crippen molar-refractivity contribution in [1.29, 1.82) is 0 Å². The highest BCUT2D eigenvalue weighted by molar-refractivity contribution is 9.11. The Balaban J connectivity index is 2.58. The molecule has 0 radical (unpaired) electrons. The van der Waals surface area contributed by atoms with E-state index in [4.69, 9.17) is 31.9 Å². The average molecular weight is 731 g/mol. The van der Waals surface area contributed by atoms with Gasteiger partial charge in [-0.15, -0.1) is 11.6 Å². The molecule has 8 atom stereocenters. The first-order chi connectivity index (χ1) is 21.7. The summed E-state index contributed by atoms with van der Waals surface area (Å²) in [5, 5.41) is 39.0. The first kappa shape index (κ1) is 41.0. The van der Waals surface area contributed by atoms with Gasteiger partial charge in [-0.3, -0.25) is 9.59 Å². The SMILES string of the molecule is CC/C=C/C(OC(N)=O)C(Cl)C(O)CC(=O)CC(O)C(C)/C(Br)=C/C=C/C=C(C)/C=C/C=C/C(=O)OC1CC(C(=O)O)CCC1O. The number of amides is 1. The fraction of sp³-hybridized carbons (Fsp3) is 0.515. The van der Waals surface area contributed by atoms with Gasteiger partial charge in [0.05, 0.1) is 24.2 Å². The van der Waals surface area contributed by atoms with E-state index >= 15 is 0 Å². The van der Waals surface area contributed by atoms with Gasteiger partial charge in [-0.1, -0.05) is 84.0 Å². The number of aliphatic carboxylic acids is 1. The largest absolute Gasteiger partial charge is 0.481 e. The van der Waals surface area contributed by atoms with Crippen LogP contribution in [0, 0.1) is 11.8 Å². The van der Waals surface area contributed by atoms with Crippen molar-refractivity contribution in [3.63, 3.8) is 0 Å². The number of alkyl halides is 1. The molecule has 46 heavy (non-hydrogen) atoms. The third-order valence-corrected chi connectivity index (χ3v) is 8.71. The van der Waals surface area contributed by atoms with E-state index in [-0.39, 0.29) is 25.7 Å². The Bertz CT molecular complexity index is 1210. The number of carboxylic acids is 1. The Hall–Kier alpha value is -3.03. The molecule has 1 fully saturated rings. The number of rotatable bonds is 18. The number of esters is 1. The van der Waals surface area contributed by atoms with Crippen LogP contribution >= 0.6 is 27.5 Å². The number of nitrogens with two attached hydrogens (primary N) is 1. The number of aliphatic hydroxyl groups excluding tert-OH is 3. The maximum atomic E-state index is 12.5. The maximum Gasteiger partial charge on any atom is 0.405 e. The second kappa shape index (κ2) is 21.7. The zero-order valence-corrected chi connectivity index (χ0v) is 28.5. The average Bonchev–Trinajstić information content (AvgIpc) is 2.99. The minimum atomic E-state index is -1.33. The molecule has 0 bridgehead atoms. The number of Topliss-reactive ketones (excluding diaryl/α,β-unsaturated/α-hetero) is 1. The highest BCUT2D eigenvalue weighted by Gasteiger charge is 2.35. The van der Waals surface area contributed by atoms with E-state index in [9.17, 15) is 34.5 Å². The van der Waals surface area contributed by atoms with Gasteiger partial charge in [-0.25, -0.2) is 9.59 Å². The topological polar surface area (TPSA) is 194 Å². The van der Waals surface area contributed by atoms with Gasteiger partial charge in [0.15, 0.2) is 0 Å². The molecule has 1 aliphatic carbocycles. The van der Waals surface area contributed by atoms with E-state index in [0.29, 0.717) is 17.3 Å². The zero-order valence-electron chi connectivity index (χ0n) is 26.2. The Morgan fingerprint density at radius 2 is 1.65 bits per heavy atom. The molecule has 256 valence electrons. The number of hydrogen-bond donors (Lipinski definition) is 5. The second-order valence-corrected chi connectivity index (χ2v) is 12.4. The molecule has 0 heterocycles. The fourth-order valence-corrected chi connectivity index (χ4v) is 5.10. The van der Waals surface area contributed by atoms with E-state index in [1.54, 1.807) is 43.4 Å². The van der Waals surface area contributed by atoms with E-state index in [0.717, 1.165) is 5.57 Å². The van der Waals surface area contributed by atoms with Gasteiger partial charge in [0, 0.05) is 35.7 Å². The maximum absolute atomic E-state index is 12.5. The van der Waals surface area contributed by atoms with Crippen LogP contribution in [0.3, 0.4) is 0 Å². The predicted octanol–water partition coefficient (Wildman–Crippen LogP) is 4.78. The highest BCUT2D eigenvalue weighted by atomic mass is 79.9. The third-order valence-electron chi connectivity index (χ3n) is 7.18. The quantitative estimate of drug-likeness (QED) is 0.0431. The normalized spacial score (nSPS) is 23.0. The monoisotopic (exact) mass is 729 g/mol. The first-order valence-electron chi connectivity index (χ1n) is 15.0. The van der Waals surface area contributed by atoms with Crippen molar-refractivity contribution < 1.29 is 49.1 Å². The van der Waals surface area contributed by atoms with Crippen molar-refractivity contribution in [3.8, 4) is 0 Å². The Morgan fingerprint density at radius 1 is 1.02 bits per heavy atom. The van der Waals surface area contributed by atoms with E-state index < -0.39 is 71.5 Å². The summed E-state index contributed by atoms with van der Waals surface area (Å²) in [6.45, 7) is 5.44. The molecular weight excluding hydrogens is 686 g/mol. The molecule has 0 spiro atoms. The molecule has 8 unspecified atom stereocenters. The molecule has 0 aromatic heterocycles. The molecule has 0 aromatic rings. The molecule has 0 saturated heterocycles. The highest BCUT2D eigenvalue weighted by Crippen LogP contribution is 2.27. The van der Waals surface area contributed by atoms with E-state index in [2.05, 4.69) is 15.9 Å². The Morgan fingerprint density at radius 3 is 2.28 bits per heavy atom. The van der Waals surface area contributed by atoms with Crippen molar-refractivity contribution in [2.45, 2.75) is 95.2 Å². The Kier molecular flexibility index (Phi) is 19.3. The van der Waals surface area contributed by atoms with Gasteiger partial charge in [-0.05, 0) is 32.3 Å². The van der Waals surface area contributed by atoms with Gasteiger partial charge >= 0.3 is 18.0 Å². The molecule has 1 rings (SSSR count). The van der Waals surface area contributed by atoms with Crippen LogP contribution in [0.2, 0.25) is 0 Å². The molecule has 11 nitrogen and oxygen atoms in total. The minimum absolute atomic E-state index is 0.0777. The summed E-state index contributed by atoms with van der Waals surface area (Å²) in [5.74, 6) is -3.14. The van der Waals surface area contributed by atoms with Crippen LogP contribution < -0.4 is 5.73 Å². The van der Waals surface area contributed by atoms with Crippen LogP contribution in [0.4, 0.5) is 4.79 Å². The number of halogens is 2. The van der Waals surface area contributed by atoms with Gasteiger partial charge in [0.1, 0.15) is 23.4 Å². The third kappa shape index (κ3) is 16.0. The lowest BCUT2D eigenvalue weighted by Crippen LogP contribution is -2.39. The van der Waals surface area contributed by atoms with Crippen LogP contribution in [-0.2, 0) is 23.9 Å². The molecule has 1 aliphatic rings. The summed E-state index contributed by atoms with van der Waals surface area (Å²) in [6.07, 6.45) is 10.9. The van der Waals surface area contributed by atoms with Crippen molar-refractivity contribution in [2.75, 3.05) is 0 Å². The van der Waals surface area contributed by atoms with E-state index in [1.807, 2.05) is 19.9 Å². The molecule has 0 aromatic carbocycles. The van der Waals surface area contributed by atoms with Crippen LogP contribution in [-0.4, -0.2) is 80.1 Å². The second-order valence-electron chi connectivity index (χ2n) is 11.0. The number of ketones is 1. The van der Waals surface area contributed by atoms with Crippen molar-refractivity contribution in [3.05, 3.63) is 70.8 Å². The summed E-state index contributed by atoms with van der Waals surface area (Å²) >= 11 is 9.66. The van der Waals surface area contributed by atoms with Crippen LogP contribution in [0.5, 0.6) is 0 Å². The summed E-state index contributed by atoms with van der Waals surface area (Å²) in [5.41, 5.74) is 5.93. The molecule has 1 amide bonds. The number of primary amides is 1. The summed E-state index contributed by atoms with van der Waals surface area (Å²) in [4.78, 5) is 46.9. The summed E-state index contributed by atoms with van der Waals surface area (Å²) in [7, 11) is 0. The van der Waals surface area contributed by atoms with E-state index in [1.165, 1.54) is 18.2 Å². The number of carbonyl (C=O) groups excluding carboxylic acids is 3. The summed E-state index contributed by atoms with van der Waals surface area (Å²) in [6, 6.07) is 0. The predicted molar refractivity (Wildman–Crippen MR) is 178 cm³/mol. The van der Waals surface area contributed by atoms with Crippen LogP contribution in [0.1, 0.15) is 59.3 Å². The number of hydrogen-bond acceptors (Lipinski definition) is 9. The van der Waals surface area contributed by atoms with Crippen LogP contribution in [0.15, 0.2) is 70.8 Å². The van der Waals surface area contributed by atoms with Crippen LogP contribution in [0.25, 0.3) is 0 Å². The molecule has 6 N–H and O–H groups in total. The zero-order chi connectivity index (χ0) is 34.8. The number of carboxylic acid groups (broad SMARTS) is 1. The fourth-order valence-electron chi connectivity index (χ4n) is 4.41. The number of ether oxygens (including phenoxy) is 2. The van der Waals surface area contributed by atoms with Gasteiger partial charge in [0.2, 0.25) is 0 Å². The lowest BCUT2D eigenvalue weighted by molar-refractivity contribution is -0.159. The smallest absolute Gasteiger partial charge is 0.405 e. The molecule has 13 heteroatoms. The summed E-state index contributed by atoms with van der Waals surface area (Å²) < 4.78 is 10.8. The van der Waals surface area contributed by atoms with Gasteiger partial charge < -0.3 is 35.6 Å². The standard InChI is InChI=1S/C33H45BrClNO10/c1-4-5-13-28(46-33(36)44)31(35)27(40)19-23(37)18-26(39)21(3)24(34)12-8-6-10-20(2)11-7-9-14-30(41)45-29-17-22(32(42)43)15-16-25(29)38/h5-14,21-22,25-29,31,38-40H,4,15-19H2,1-3H3,(H2,36,44)(H,42,43)/b8-6+,11-7+,13-5+,14-9+,20-10+,24-12-. The molecule has 0 aliphatic heterocycles.